The summed E-state index contributed by atoms with van der Waals surface area (Å²) in [6.07, 6.45) is 2.79. The molecular formula is C27H27N5O3. The lowest BCUT2D eigenvalue weighted by Gasteiger charge is -2.22. The number of amides is 2. The maximum absolute atomic E-state index is 13.2. The SMILES string of the molecule is CC(NC(=O)[C@H](Cc1ccccc1)NC(=O)OCc1ccccc1)c1ccc(-n2cncn2)cc1. The smallest absolute Gasteiger partial charge is 0.408 e. The molecule has 2 N–H and O–H groups in total. The Hall–Kier alpha value is -4.46. The number of ether oxygens (including phenoxy) is 1. The van der Waals surface area contributed by atoms with Crippen LogP contribution in [0, 0.1) is 0 Å². The van der Waals surface area contributed by atoms with E-state index in [-0.39, 0.29) is 18.6 Å². The molecule has 4 rings (SSSR count). The van der Waals surface area contributed by atoms with Gasteiger partial charge in [0.1, 0.15) is 25.3 Å². The third-order valence-corrected chi connectivity index (χ3v) is 5.54. The molecule has 2 atom stereocenters. The average Bonchev–Trinajstić information content (AvgIpc) is 3.43. The molecule has 1 aromatic heterocycles. The van der Waals surface area contributed by atoms with Gasteiger partial charge in [0.15, 0.2) is 0 Å². The first kappa shape index (κ1) is 23.7. The van der Waals surface area contributed by atoms with Crippen LogP contribution in [-0.2, 0) is 22.6 Å². The van der Waals surface area contributed by atoms with Gasteiger partial charge in [-0.05, 0) is 35.7 Å². The fourth-order valence-electron chi connectivity index (χ4n) is 3.62. The Bertz CT molecular complexity index is 1210. The van der Waals surface area contributed by atoms with Gasteiger partial charge in [-0.3, -0.25) is 4.79 Å². The molecule has 0 aliphatic rings. The molecule has 1 heterocycles. The van der Waals surface area contributed by atoms with Gasteiger partial charge in [-0.25, -0.2) is 14.5 Å². The van der Waals surface area contributed by atoms with Crippen LogP contribution in [0.5, 0.6) is 0 Å². The summed E-state index contributed by atoms with van der Waals surface area (Å²) in [5, 5.41) is 9.85. The minimum atomic E-state index is -0.794. The van der Waals surface area contributed by atoms with E-state index in [1.807, 2.05) is 91.9 Å². The Kier molecular flexibility index (Phi) is 7.85. The van der Waals surface area contributed by atoms with Crippen molar-refractivity contribution in [2.75, 3.05) is 0 Å². The van der Waals surface area contributed by atoms with Crippen molar-refractivity contribution < 1.29 is 14.3 Å². The first-order chi connectivity index (χ1) is 17.1. The van der Waals surface area contributed by atoms with Crippen LogP contribution in [0.2, 0.25) is 0 Å². The van der Waals surface area contributed by atoms with Gasteiger partial charge < -0.3 is 15.4 Å². The Morgan fingerprint density at radius 2 is 1.54 bits per heavy atom. The summed E-state index contributed by atoms with van der Waals surface area (Å²) in [6.45, 7) is 2.02. The van der Waals surface area contributed by atoms with Crippen molar-refractivity contribution in [1.82, 2.24) is 25.4 Å². The number of rotatable bonds is 9. The predicted octanol–water partition coefficient (Wildman–Crippen LogP) is 3.98. The standard InChI is InChI=1S/C27H27N5O3/c1-20(23-12-14-24(15-13-23)32-19-28-18-29-32)30-26(33)25(16-21-8-4-2-5-9-21)31-27(34)35-17-22-10-6-3-7-11-22/h2-15,18-20,25H,16-17H2,1H3,(H,30,33)(H,31,34)/t20?,25-/m0/s1. The van der Waals surface area contributed by atoms with Gasteiger partial charge in [0.2, 0.25) is 5.91 Å². The second-order valence-electron chi connectivity index (χ2n) is 8.11. The molecule has 8 heteroatoms. The molecule has 3 aromatic carbocycles. The van der Waals surface area contributed by atoms with Crippen molar-refractivity contribution in [2.24, 2.45) is 0 Å². The molecule has 0 aliphatic carbocycles. The number of carbonyl (C=O) groups excluding carboxylic acids is 2. The Balaban J connectivity index is 1.40. The molecule has 0 saturated heterocycles. The summed E-state index contributed by atoms with van der Waals surface area (Å²) in [5.41, 5.74) is 3.59. The maximum atomic E-state index is 13.2. The van der Waals surface area contributed by atoms with Gasteiger partial charge in [0.05, 0.1) is 11.7 Å². The summed E-state index contributed by atoms with van der Waals surface area (Å²) in [6, 6.07) is 25.6. The average molecular weight is 470 g/mol. The molecule has 2 amide bonds. The predicted molar refractivity (Wildman–Crippen MR) is 132 cm³/mol. The van der Waals surface area contributed by atoms with Crippen molar-refractivity contribution >= 4 is 12.0 Å². The summed E-state index contributed by atoms with van der Waals surface area (Å²) >= 11 is 0. The minimum Gasteiger partial charge on any atom is -0.445 e. The summed E-state index contributed by atoms with van der Waals surface area (Å²) in [5.74, 6) is -0.293. The van der Waals surface area contributed by atoms with Crippen molar-refractivity contribution in [2.45, 2.75) is 32.0 Å². The van der Waals surface area contributed by atoms with Crippen LogP contribution in [0.15, 0.2) is 97.6 Å². The Morgan fingerprint density at radius 1 is 0.886 bits per heavy atom. The number of hydrogen-bond acceptors (Lipinski definition) is 5. The van der Waals surface area contributed by atoms with Crippen molar-refractivity contribution in [3.63, 3.8) is 0 Å². The molecule has 178 valence electrons. The number of benzene rings is 3. The lowest BCUT2D eigenvalue weighted by atomic mass is 10.0. The van der Waals surface area contributed by atoms with Gasteiger partial charge in [0.25, 0.3) is 0 Å². The highest BCUT2D eigenvalue weighted by Gasteiger charge is 2.24. The fraction of sp³-hybridized carbons (Fsp3) is 0.185. The maximum Gasteiger partial charge on any atom is 0.408 e. The zero-order valence-corrected chi connectivity index (χ0v) is 19.4. The second-order valence-corrected chi connectivity index (χ2v) is 8.11. The fourth-order valence-corrected chi connectivity index (χ4v) is 3.62. The minimum absolute atomic E-state index is 0.126. The molecule has 4 aromatic rings. The number of hydrogen-bond donors (Lipinski definition) is 2. The van der Waals surface area contributed by atoms with Crippen LogP contribution >= 0.6 is 0 Å². The largest absolute Gasteiger partial charge is 0.445 e. The van der Waals surface area contributed by atoms with Gasteiger partial charge in [0, 0.05) is 6.42 Å². The van der Waals surface area contributed by atoms with E-state index >= 15 is 0 Å². The molecule has 1 unspecified atom stereocenters. The van der Waals surface area contributed by atoms with Crippen LogP contribution in [0.3, 0.4) is 0 Å². The lowest BCUT2D eigenvalue weighted by Crippen LogP contribution is -2.48. The van der Waals surface area contributed by atoms with E-state index in [1.54, 1.807) is 11.0 Å². The van der Waals surface area contributed by atoms with Crippen LogP contribution in [0.25, 0.3) is 5.69 Å². The molecule has 35 heavy (non-hydrogen) atoms. The zero-order valence-electron chi connectivity index (χ0n) is 19.4. The van der Waals surface area contributed by atoms with E-state index in [1.165, 1.54) is 6.33 Å². The molecule has 0 aliphatic heterocycles. The van der Waals surface area contributed by atoms with E-state index in [0.717, 1.165) is 22.4 Å². The van der Waals surface area contributed by atoms with Crippen LogP contribution in [-0.4, -0.2) is 32.8 Å². The Morgan fingerprint density at radius 3 is 2.17 bits per heavy atom. The van der Waals surface area contributed by atoms with E-state index in [4.69, 9.17) is 4.74 Å². The van der Waals surface area contributed by atoms with Crippen molar-refractivity contribution in [3.8, 4) is 5.69 Å². The summed E-state index contributed by atoms with van der Waals surface area (Å²) in [7, 11) is 0. The second kappa shape index (κ2) is 11.6. The molecular weight excluding hydrogens is 442 g/mol. The van der Waals surface area contributed by atoms with Crippen molar-refractivity contribution in [3.05, 3.63) is 114 Å². The van der Waals surface area contributed by atoms with Crippen molar-refractivity contribution in [1.29, 1.82) is 0 Å². The zero-order chi connectivity index (χ0) is 24.5. The Labute approximate surface area is 204 Å². The number of alkyl carbamates (subject to hydrolysis) is 1. The third-order valence-electron chi connectivity index (χ3n) is 5.54. The summed E-state index contributed by atoms with van der Waals surface area (Å²) in [4.78, 5) is 29.6. The molecule has 0 bridgehead atoms. The topological polar surface area (TPSA) is 98.1 Å². The molecule has 8 nitrogen and oxygen atoms in total. The molecule has 0 radical (unpaired) electrons. The number of nitrogens with one attached hydrogen (secondary N) is 2. The monoisotopic (exact) mass is 469 g/mol. The quantitative estimate of drug-likeness (QED) is 0.386. The number of aromatic nitrogens is 3. The van der Waals surface area contributed by atoms with Gasteiger partial charge in [-0.15, -0.1) is 0 Å². The highest BCUT2D eigenvalue weighted by Crippen LogP contribution is 2.16. The van der Waals surface area contributed by atoms with E-state index in [9.17, 15) is 9.59 Å². The number of carbonyl (C=O) groups is 2. The van der Waals surface area contributed by atoms with Crippen LogP contribution < -0.4 is 10.6 Å². The van der Waals surface area contributed by atoms with E-state index in [2.05, 4.69) is 20.7 Å². The first-order valence-electron chi connectivity index (χ1n) is 11.3. The molecule has 0 fully saturated rings. The van der Waals surface area contributed by atoms with Crippen LogP contribution in [0.4, 0.5) is 4.79 Å². The lowest BCUT2D eigenvalue weighted by molar-refractivity contribution is -0.123. The van der Waals surface area contributed by atoms with Gasteiger partial charge in [-0.2, -0.15) is 5.10 Å². The van der Waals surface area contributed by atoms with Gasteiger partial charge in [-0.1, -0.05) is 72.8 Å². The highest BCUT2D eigenvalue weighted by molar-refractivity contribution is 5.86. The van der Waals surface area contributed by atoms with Gasteiger partial charge >= 0.3 is 6.09 Å². The first-order valence-corrected chi connectivity index (χ1v) is 11.3. The summed E-state index contributed by atoms with van der Waals surface area (Å²) < 4.78 is 7.00. The normalized spacial score (nSPS) is 12.4. The number of nitrogens with zero attached hydrogens (tertiary/aromatic N) is 3. The molecule has 0 spiro atoms. The molecule has 0 saturated carbocycles. The van der Waals surface area contributed by atoms with E-state index in [0.29, 0.717) is 6.42 Å². The van der Waals surface area contributed by atoms with E-state index < -0.39 is 12.1 Å². The third kappa shape index (κ3) is 6.77. The van der Waals surface area contributed by atoms with Crippen LogP contribution in [0.1, 0.15) is 29.7 Å². The highest BCUT2D eigenvalue weighted by atomic mass is 16.5.